The van der Waals surface area contributed by atoms with Gasteiger partial charge in [-0.15, -0.1) is 0 Å². The lowest BCUT2D eigenvalue weighted by molar-refractivity contribution is 0.177. The minimum absolute atomic E-state index is 0.276. The van der Waals surface area contributed by atoms with E-state index in [0.717, 1.165) is 5.56 Å². The number of aryl methyl sites for hydroxylation is 1. The predicted octanol–water partition coefficient (Wildman–Crippen LogP) is 3.87. The number of urea groups is 1. The maximum absolute atomic E-state index is 11.8. The van der Waals surface area contributed by atoms with E-state index in [2.05, 4.69) is 10.6 Å². The fraction of sp³-hybridized carbons (Fsp3) is 0.235. The first-order valence-electron chi connectivity index (χ1n) is 7.05. The molecule has 2 aromatic rings. The van der Waals surface area contributed by atoms with Gasteiger partial charge in [-0.1, -0.05) is 41.4 Å². The van der Waals surface area contributed by atoms with Gasteiger partial charge < -0.3 is 15.4 Å². The van der Waals surface area contributed by atoms with Crippen molar-refractivity contribution in [3.05, 3.63) is 64.7 Å². The van der Waals surface area contributed by atoms with E-state index in [-0.39, 0.29) is 6.03 Å². The highest BCUT2D eigenvalue weighted by molar-refractivity contribution is 6.30. The molecule has 2 amide bonds. The number of hydrogen-bond acceptors (Lipinski definition) is 2. The molecule has 0 bridgehead atoms. The lowest BCUT2D eigenvalue weighted by atomic mass is 10.1. The molecule has 0 fully saturated rings. The average Bonchev–Trinajstić information content (AvgIpc) is 2.49. The Hall–Kier alpha value is -2.20. The van der Waals surface area contributed by atoms with Gasteiger partial charge in [0.2, 0.25) is 0 Å². The number of carbonyl (C=O) groups excluding carboxylic acids is 1. The van der Waals surface area contributed by atoms with Crippen molar-refractivity contribution in [3.63, 3.8) is 0 Å². The van der Waals surface area contributed by atoms with Crippen LogP contribution in [0.15, 0.2) is 48.5 Å². The van der Waals surface area contributed by atoms with Crippen LogP contribution >= 0.6 is 11.6 Å². The molecule has 0 spiro atoms. The van der Waals surface area contributed by atoms with Gasteiger partial charge in [-0.2, -0.15) is 0 Å². The zero-order valence-corrected chi connectivity index (χ0v) is 13.4. The molecule has 2 N–H and O–H groups in total. The number of hydrogen-bond donors (Lipinski definition) is 2. The Bertz CT molecular complexity index is 612. The number of halogens is 1. The third-order valence-corrected chi connectivity index (χ3v) is 3.29. The Morgan fingerprint density at radius 2 is 1.77 bits per heavy atom. The van der Waals surface area contributed by atoms with Gasteiger partial charge in [0.25, 0.3) is 0 Å². The molecule has 0 saturated carbocycles. The Morgan fingerprint density at radius 1 is 1.14 bits per heavy atom. The molecule has 0 aliphatic heterocycles. The van der Waals surface area contributed by atoms with Gasteiger partial charge in [0, 0.05) is 11.6 Å². The smallest absolute Gasteiger partial charge is 0.317 e. The molecule has 0 heterocycles. The number of carbonyl (C=O) groups is 1. The second-order valence-electron chi connectivity index (χ2n) is 5.03. The number of nitrogens with one attached hydrogen (secondary N) is 2. The molecular weight excluding hydrogens is 300 g/mol. The van der Waals surface area contributed by atoms with Gasteiger partial charge in [0.1, 0.15) is 5.75 Å². The Balaban J connectivity index is 1.76. The van der Waals surface area contributed by atoms with Crippen molar-refractivity contribution in [2.45, 2.75) is 26.6 Å². The minimum Gasteiger partial charge on any atom is -0.471 e. The van der Waals surface area contributed by atoms with E-state index < -0.39 is 6.23 Å². The highest BCUT2D eigenvalue weighted by Gasteiger charge is 2.08. The van der Waals surface area contributed by atoms with Crippen LogP contribution in [0.25, 0.3) is 0 Å². The van der Waals surface area contributed by atoms with Crippen molar-refractivity contribution in [3.8, 4) is 5.75 Å². The van der Waals surface area contributed by atoms with Crippen LogP contribution in [0.1, 0.15) is 18.1 Å². The van der Waals surface area contributed by atoms with E-state index in [4.69, 9.17) is 16.3 Å². The lowest BCUT2D eigenvalue weighted by Crippen LogP contribution is -2.43. The summed E-state index contributed by atoms with van der Waals surface area (Å²) in [6, 6.07) is 14.7. The molecule has 4 nitrogen and oxygen atoms in total. The molecule has 0 saturated heterocycles. The molecule has 0 aliphatic rings. The standard InChI is InChI=1S/C17H19ClN2O2/c1-12-3-5-14(6-4-12)11-19-17(21)20-13(2)22-16-9-7-15(18)8-10-16/h3-10,13H,11H2,1-2H3,(H2,19,20,21). The van der Waals surface area contributed by atoms with E-state index in [9.17, 15) is 4.79 Å². The third-order valence-electron chi connectivity index (χ3n) is 3.03. The topological polar surface area (TPSA) is 50.4 Å². The zero-order valence-electron chi connectivity index (χ0n) is 12.6. The summed E-state index contributed by atoms with van der Waals surface area (Å²) in [6.07, 6.45) is -0.445. The number of rotatable bonds is 5. The Labute approximate surface area is 135 Å². The molecule has 22 heavy (non-hydrogen) atoms. The first-order chi connectivity index (χ1) is 10.5. The molecule has 5 heteroatoms. The van der Waals surface area contributed by atoms with Gasteiger partial charge >= 0.3 is 6.03 Å². The van der Waals surface area contributed by atoms with E-state index in [1.807, 2.05) is 31.2 Å². The highest BCUT2D eigenvalue weighted by Crippen LogP contribution is 2.16. The van der Waals surface area contributed by atoms with Crippen LogP contribution in [-0.4, -0.2) is 12.3 Å². The molecule has 0 aliphatic carbocycles. The Kier molecular flexibility index (Phi) is 5.67. The van der Waals surface area contributed by atoms with Crippen molar-refractivity contribution in [2.75, 3.05) is 0 Å². The summed E-state index contributed by atoms with van der Waals surface area (Å²) >= 11 is 5.81. The number of ether oxygens (including phenoxy) is 1. The van der Waals surface area contributed by atoms with Gasteiger partial charge in [0.05, 0.1) is 0 Å². The molecule has 1 unspecified atom stereocenters. The van der Waals surface area contributed by atoms with Crippen LogP contribution in [0.4, 0.5) is 4.79 Å². The molecule has 116 valence electrons. The van der Waals surface area contributed by atoms with Crippen LogP contribution in [0.2, 0.25) is 5.02 Å². The maximum Gasteiger partial charge on any atom is 0.317 e. The van der Waals surface area contributed by atoms with E-state index in [1.165, 1.54) is 5.56 Å². The molecule has 2 aromatic carbocycles. The van der Waals surface area contributed by atoms with Crippen molar-refractivity contribution in [1.29, 1.82) is 0 Å². The zero-order chi connectivity index (χ0) is 15.9. The van der Waals surface area contributed by atoms with Crippen molar-refractivity contribution in [1.82, 2.24) is 10.6 Å². The predicted molar refractivity (Wildman–Crippen MR) is 88.1 cm³/mol. The largest absolute Gasteiger partial charge is 0.471 e. The van der Waals surface area contributed by atoms with E-state index in [0.29, 0.717) is 17.3 Å². The van der Waals surface area contributed by atoms with Crippen LogP contribution < -0.4 is 15.4 Å². The van der Waals surface area contributed by atoms with Gasteiger partial charge in [0.15, 0.2) is 6.23 Å². The van der Waals surface area contributed by atoms with Gasteiger partial charge in [-0.05, 0) is 43.7 Å². The maximum atomic E-state index is 11.8. The quantitative estimate of drug-likeness (QED) is 0.822. The summed E-state index contributed by atoms with van der Waals surface area (Å²) in [6.45, 7) is 4.26. The van der Waals surface area contributed by atoms with Gasteiger partial charge in [-0.3, -0.25) is 0 Å². The first kappa shape index (κ1) is 16.2. The second-order valence-corrected chi connectivity index (χ2v) is 5.46. The minimum atomic E-state index is -0.445. The summed E-state index contributed by atoms with van der Waals surface area (Å²) in [7, 11) is 0. The summed E-state index contributed by atoms with van der Waals surface area (Å²) in [5.74, 6) is 0.649. The molecular formula is C17H19ClN2O2. The summed E-state index contributed by atoms with van der Waals surface area (Å²) in [4.78, 5) is 11.8. The first-order valence-corrected chi connectivity index (χ1v) is 7.43. The van der Waals surface area contributed by atoms with E-state index >= 15 is 0 Å². The molecule has 1 atom stereocenters. The molecule has 0 radical (unpaired) electrons. The fourth-order valence-electron chi connectivity index (χ4n) is 1.87. The SMILES string of the molecule is Cc1ccc(CNC(=O)NC(C)Oc2ccc(Cl)cc2)cc1. The fourth-order valence-corrected chi connectivity index (χ4v) is 2.00. The number of benzene rings is 2. The van der Waals surface area contributed by atoms with Crippen LogP contribution in [0.5, 0.6) is 5.75 Å². The van der Waals surface area contributed by atoms with Crippen LogP contribution in [0.3, 0.4) is 0 Å². The van der Waals surface area contributed by atoms with Crippen LogP contribution in [-0.2, 0) is 6.54 Å². The molecule has 0 aromatic heterocycles. The van der Waals surface area contributed by atoms with Crippen molar-refractivity contribution < 1.29 is 9.53 Å². The summed E-state index contributed by atoms with van der Waals surface area (Å²) in [5.41, 5.74) is 2.24. The normalized spacial score (nSPS) is 11.6. The van der Waals surface area contributed by atoms with E-state index in [1.54, 1.807) is 31.2 Å². The monoisotopic (exact) mass is 318 g/mol. The van der Waals surface area contributed by atoms with Gasteiger partial charge in [-0.25, -0.2) is 4.79 Å². The van der Waals surface area contributed by atoms with Crippen molar-refractivity contribution >= 4 is 17.6 Å². The lowest BCUT2D eigenvalue weighted by Gasteiger charge is -2.16. The Morgan fingerprint density at radius 3 is 2.41 bits per heavy atom. The summed E-state index contributed by atoms with van der Waals surface area (Å²) < 4.78 is 5.58. The second kappa shape index (κ2) is 7.71. The average molecular weight is 319 g/mol. The summed E-state index contributed by atoms with van der Waals surface area (Å²) in [5, 5.41) is 6.15. The number of amides is 2. The molecule has 2 rings (SSSR count). The highest BCUT2D eigenvalue weighted by atomic mass is 35.5. The van der Waals surface area contributed by atoms with Crippen LogP contribution in [0, 0.1) is 6.92 Å². The van der Waals surface area contributed by atoms with Crippen molar-refractivity contribution in [2.24, 2.45) is 0 Å². The third kappa shape index (κ3) is 5.30.